The number of amidine groups is 1. The predicted molar refractivity (Wildman–Crippen MR) is 135 cm³/mol. The fourth-order valence-electron chi connectivity index (χ4n) is 3.33. The van der Waals surface area contributed by atoms with Crippen LogP contribution in [0.5, 0.6) is 5.75 Å². The molecule has 3 aromatic rings. The highest BCUT2D eigenvalue weighted by Gasteiger charge is 2.36. The topological polar surface area (TPSA) is 88.1 Å². The Morgan fingerprint density at radius 1 is 0.971 bits per heavy atom. The molecule has 4 rings (SSSR count). The number of hydrogen-bond acceptors (Lipinski definition) is 5. The number of thioether (sulfide) groups is 1. The first-order chi connectivity index (χ1) is 16.5. The highest BCUT2D eigenvalue weighted by Crippen LogP contribution is 2.40. The van der Waals surface area contributed by atoms with Crippen LogP contribution in [0, 0.1) is 0 Å². The lowest BCUT2D eigenvalue weighted by Crippen LogP contribution is -2.29. The van der Waals surface area contributed by atoms with Crippen LogP contribution in [0.15, 0.2) is 88.8 Å². The van der Waals surface area contributed by atoms with Crippen LogP contribution < -0.4 is 15.0 Å². The molecule has 1 saturated heterocycles. The molecule has 1 fully saturated rings. The van der Waals surface area contributed by atoms with Gasteiger partial charge in [0, 0.05) is 18.2 Å². The van der Waals surface area contributed by atoms with Gasteiger partial charge in [0.15, 0.2) is 5.17 Å². The summed E-state index contributed by atoms with van der Waals surface area (Å²) in [5.74, 6) is -0.446. The van der Waals surface area contributed by atoms with Gasteiger partial charge in [-0.25, -0.2) is 0 Å². The number of amides is 3. The third-order valence-corrected chi connectivity index (χ3v) is 5.85. The zero-order valence-corrected chi connectivity index (χ0v) is 19.3. The Morgan fingerprint density at radius 3 is 2.32 bits per heavy atom. The number of methoxy groups -OCH3 is 1. The molecule has 0 atom stereocenters. The largest absolute Gasteiger partial charge is 0.495 e. The van der Waals surface area contributed by atoms with Gasteiger partial charge in [-0.15, -0.1) is 0 Å². The number of aliphatic imine (C=N–C) groups is 1. The second-order valence-corrected chi connectivity index (χ2v) is 8.30. The molecular weight excluding hydrogens is 450 g/mol. The number of rotatable bonds is 5. The van der Waals surface area contributed by atoms with Crippen molar-refractivity contribution in [1.29, 1.82) is 0 Å². The van der Waals surface area contributed by atoms with Gasteiger partial charge in [-0.1, -0.05) is 42.5 Å². The van der Waals surface area contributed by atoms with Gasteiger partial charge in [0.1, 0.15) is 5.75 Å². The van der Waals surface area contributed by atoms with Crippen LogP contribution in [0.2, 0.25) is 0 Å². The maximum atomic E-state index is 13.5. The van der Waals surface area contributed by atoms with Crippen molar-refractivity contribution in [2.45, 2.75) is 6.92 Å². The highest BCUT2D eigenvalue weighted by atomic mass is 32.2. The molecule has 1 N–H and O–H groups in total. The van der Waals surface area contributed by atoms with Crippen molar-refractivity contribution < 1.29 is 19.1 Å². The normalized spacial score (nSPS) is 15.6. The number of carbonyl (C=O) groups is 3. The maximum absolute atomic E-state index is 13.5. The molecule has 0 spiro atoms. The quantitative estimate of drug-likeness (QED) is 0.531. The van der Waals surface area contributed by atoms with Crippen LogP contribution in [0.4, 0.5) is 11.4 Å². The standard InChI is InChI=1S/C26H21N3O4S/c1-17(30)27-20-14-12-18(13-15-20)16-23-25(32)29(21-10-6-7-11-22(21)33-2)26(34-23)28-24(31)19-8-4-3-5-9-19/h3-16H,1-2H3,(H,27,30)/b23-16-,28-26?. The van der Waals surface area contributed by atoms with Gasteiger partial charge in [-0.2, -0.15) is 4.99 Å². The van der Waals surface area contributed by atoms with Crippen molar-refractivity contribution in [3.63, 3.8) is 0 Å². The van der Waals surface area contributed by atoms with Crippen LogP contribution in [0.25, 0.3) is 6.08 Å². The van der Waals surface area contributed by atoms with Gasteiger partial charge in [0.2, 0.25) is 5.91 Å². The molecule has 3 amide bonds. The molecule has 34 heavy (non-hydrogen) atoms. The Labute approximate surface area is 201 Å². The maximum Gasteiger partial charge on any atom is 0.279 e. The number of nitrogens with zero attached hydrogens (tertiary/aromatic N) is 2. The lowest BCUT2D eigenvalue weighted by molar-refractivity contribution is -0.114. The molecule has 0 aromatic heterocycles. The molecule has 1 aliphatic heterocycles. The summed E-state index contributed by atoms with van der Waals surface area (Å²) in [5.41, 5.74) is 2.34. The molecule has 0 unspecified atom stereocenters. The minimum absolute atomic E-state index is 0.163. The van der Waals surface area contributed by atoms with Crippen molar-refractivity contribution in [3.05, 3.63) is 94.9 Å². The summed E-state index contributed by atoms with van der Waals surface area (Å²) < 4.78 is 5.45. The summed E-state index contributed by atoms with van der Waals surface area (Å²) >= 11 is 1.11. The van der Waals surface area contributed by atoms with Gasteiger partial charge in [0.05, 0.1) is 17.7 Å². The Bertz CT molecular complexity index is 1300. The average Bonchev–Trinajstić information content (AvgIpc) is 3.14. The number of hydrogen-bond donors (Lipinski definition) is 1. The van der Waals surface area contributed by atoms with E-state index in [0.29, 0.717) is 27.6 Å². The van der Waals surface area contributed by atoms with Crippen LogP contribution in [0.1, 0.15) is 22.8 Å². The first-order valence-electron chi connectivity index (χ1n) is 10.4. The van der Waals surface area contributed by atoms with Gasteiger partial charge in [0.25, 0.3) is 11.8 Å². The summed E-state index contributed by atoms with van der Waals surface area (Å²) in [6.45, 7) is 1.44. The monoisotopic (exact) mass is 471 g/mol. The lowest BCUT2D eigenvalue weighted by Gasteiger charge is -2.18. The van der Waals surface area contributed by atoms with Crippen LogP contribution >= 0.6 is 11.8 Å². The van der Waals surface area contributed by atoms with E-state index in [4.69, 9.17) is 4.74 Å². The number of ether oxygens (including phenoxy) is 1. The third kappa shape index (κ3) is 5.07. The summed E-state index contributed by atoms with van der Waals surface area (Å²) in [7, 11) is 1.52. The van der Waals surface area contributed by atoms with E-state index in [1.54, 1.807) is 78.9 Å². The molecule has 1 aliphatic rings. The predicted octanol–water partition coefficient (Wildman–Crippen LogP) is 4.97. The number of anilines is 2. The lowest BCUT2D eigenvalue weighted by atomic mass is 10.2. The molecule has 0 aliphatic carbocycles. The van der Waals surface area contributed by atoms with Crippen LogP contribution in [0.3, 0.4) is 0 Å². The Kier molecular flexibility index (Phi) is 6.89. The van der Waals surface area contributed by atoms with E-state index in [0.717, 1.165) is 17.3 Å². The Morgan fingerprint density at radius 2 is 1.65 bits per heavy atom. The molecule has 170 valence electrons. The minimum atomic E-state index is -0.447. The summed E-state index contributed by atoms with van der Waals surface area (Å²) in [6.07, 6.45) is 1.72. The fraction of sp³-hybridized carbons (Fsp3) is 0.0769. The molecule has 0 radical (unpaired) electrons. The molecular formula is C26H21N3O4S. The first kappa shape index (κ1) is 23.0. The van der Waals surface area contributed by atoms with E-state index >= 15 is 0 Å². The highest BCUT2D eigenvalue weighted by molar-refractivity contribution is 8.19. The van der Waals surface area contributed by atoms with E-state index in [-0.39, 0.29) is 17.0 Å². The van der Waals surface area contributed by atoms with Crippen LogP contribution in [-0.4, -0.2) is 30.0 Å². The zero-order valence-electron chi connectivity index (χ0n) is 18.5. The molecule has 7 nitrogen and oxygen atoms in total. The summed E-state index contributed by atoms with van der Waals surface area (Å²) in [6, 6.07) is 22.9. The van der Waals surface area contributed by atoms with Crippen molar-refractivity contribution in [2.75, 3.05) is 17.3 Å². The number of para-hydroxylation sites is 2. The van der Waals surface area contributed by atoms with E-state index in [2.05, 4.69) is 10.3 Å². The fourth-order valence-corrected chi connectivity index (χ4v) is 4.30. The number of carbonyl (C=O) groups excluding carboxylic acids is 3. The van der Waals surface area contributed by atoms with Gasteiger partial charge in [-0.3, -0.25) is 19.3 Å². The van der Waals surface area contributed by atoms with E-state index in [1.165, 1.54) is 18.9 Å². The van der Waals surface area contributed by atoms with Gasteiger partial charge < -0.3 is 10.1 Å². The van der Waals surface area contributed by atoms with Gasteiger partial charge in [-0.05, 0) is 59.8 Å². The average molecular weight is 472 g/mol. The number of benzene rings is 3. The minimum Gasteiger partial charge on any atom is -0.495 e. The Hall–Kier alpha value is -4.17. The summed E-state index contributed by atoms with van der Waals surface area (Å²) in [5, 5.41) is 2.95. The van der Waals surface area contributed by atoms with Crippen molar-refractivity contribution >= 4 is 52.1 Å². The summed E-state index contributed by atoms with van der Waals surface area (Å²) in [4.78, 5) is 43.6. The zero-order chi connectivity index (χ0) is 24.1. The van der Waals surface area contributed by atoms with Gasteiger partial charge >= 0.3 is 0 Å². The molecule has 0 bridgehead atoms. The third-order valence-electron chi connectivity index (χ3n) is 4.88. The Balaban J connectivity index is 1.72. The molecule has 3 aromatic carbocycles. The van der Waals surface area contributed by atoms with E-state index < -0.39 is 5.91 Å². The van der Waals surface area contributed by atoms with Crippen molar-refractivity contribution in [1.82, 2.24) is 0 Å². The first-order valence-corrected chi connectivity index (χ1v) is 11.2. The number of nitrogens with one attached hydrogen (secondary N) is 1. The van der Waals surface area contributed by atoms with Crippen molar-refractivity contribution in [3.8, 4) is 5.75 Å². The molecule has 1 heterocycles. The molecule has 8 heteroatoms. The molecule has 0 saturated carbocycles. The van der Waals surface area contributed by atoms with E-state index in [1.807, 2.05) is 6.07 Å². The SMILES string of the molecule is COc1ccccc1N1C(=O)/C(=C/c2ccc(NC(C)=O)cc2)SC1=NC(=O)c1ccccc1. The second kappa shape index (κ2) is 10.2. The van der Waals surface area contributed by atoms with Crippen LogP contribution in [-0.2, 0) is 9.59 Å². The van der Waals surface area contributed by atoms with Crippen molar-refractivity contribution in [2.24, 2.45) is 4.99 Å². The van der Waals surface area contributed by atoms with E-state index in [9.17, 15) is 14.4 Å². The second-order valence-electron chi connectivity index (χ2n) is 7.29. The smallest absolute Gasteiger partial charge is 0.279 e.